The highest BCUT2D eigenvalue weighted by molar-refractivity contribution is 6.01. The Bertz CT molecular complexity index is 1120. The highest BCUT2D eigenvalue weighted by Crippen LogP contribution is 2.41. The zero-order valence-electron chi connectivity index (χ0n) is 15.7. The molecule has 1 saturated heterocycles. The van der Waals surface area contributed by atoms with Crippen molar-refractivity contribution in [2.24, 2.45) is 0 Å². The van der Waals surface area contributed by atoms with Crippen LogP contribution in [0.25, 0.3) is 5.65 Å². The van der Waals surface area contributed by atoms with Crippen LogP contribution in [-0.2, 0) is 0 Å². The van der Waals surface area contributed by atoms with Crippen molar-refractivity contribution in [1.82, 2.24) is 19.9 Å². The second-order valence-corrected chi connectivity index (χ2v) is 7.30. The van der Waals surface area contributed by atoms with Gasteiger partial charge in [0.25, 0.3) is 5.91 Å². The van der Waals surface area contributed by atoms with Crippen LogP contribution in [0.3, 0.4) is 0 Å². The lowest BCUT2D eigenvalue weighted by Crippen LogP contribution is -2.28. The fraction of sp³-hybridized carbons (Fsp3) is 0.350. The van der Waals surface area contributed by atoms with Crippen LogP contribution >= 0.6 is 0 Å². The van der Waals surface area contributed by atoms with Gasteiger partial charge in [0.15, 0.2) is 5.65 Å². The third-order valence-electron chi connectivity index (χ3n) is 5.39. The van der Waals surface area contributed by atoms with Crippen LogP contribution in [0.2, 0.25) is 0 Å². The lowest BCUT2D eigenvalue weighted by molar-refractivity contribution is 0.0947. The molecule has 4 heterocycles. The number of alkyl halides is 1. The smallest absolute Gasteiger partial charge is 0.257 e. The van der Waals surface area contributed by atoms with E-state index in [2.05, 4.69) is 15.4 Å². The Morgan fingerprint density at radius 3 is 3.03 bits per heavy atom. The summed E-state index contributed by atoms with van der Waals surface area (Å²) in [6.07, 6.45) is 0.818. The van der Waals surface area contributed by atoms with E-state index in [1.54, 1.807) is 30.2 Å². The van der Waals surface area contributed by atoms with Crippen molar-refractivity contribution in [2.75, 3.05) is 24.6 Å². The summed E-state index contributed by atoms with van der Waals surface area (Å²) < 4.78 is 35.9. The Balaban J connectivity index is 1.70. The van der Waals surface area contributed by atoms with Crippen LogP contribution in [0.15, 0.2) is 30.5 Å². The first kappa shape index (κ1) is 17.8. The van der Waals surface area contributed by atoms with E-state index in [-0.39, 0.29) is 32.0 Å². The highest BCUT2D eigenvalue weighted by atomic mass is 19.1. The lowest BCUT2D eigenvalue weighted by atomic mass is 10.0. The maximum atomic E-state index is 14.5. The number of rotatable bonds is 0. The number of fused-ring (bicyclic) bond motifs is 5. The number of nitrogens with one attached hydrogen (secondary N) is 1. The Morgan fingerprint density at radius 2 is 2.17 bits per heavy atom. The number of carbonyl (C=O) groups is 1. The predicted octanol–water partition coefficient (Wildman–Crippen LogP) is 2.59. The van der Waals surface area contributed by atoms with E-state index in [4.69, 9.17) is 4.74 Å². The monoisotopic (exact) mass is 399 g/mol. The molecule has 150 valence electrons. The topological polar surface area (TPSA) is 71.8 Å². The largest absolute Gasteiger partial charge is 0.491 e. The van der Waals surface area contributed by atoms with Crippen molar-refractivity contribution in [3.05, 3.63) is 53.1 Å². The molecule has 0 unspecified atom stereocenters. The van der Waals surface area contributed by atoms with Gasteiger partial charge >= 0.3 is 0 Å². The van der Waals surface area contributed by atoms with Gasteiger partial charge in [-0.2, -0.15) is 5.10 Å². The number of aromatic nitrogens is 3. The molecule has 2 aliphatic heterocycles. The molecule has 29 heavy (non-hydrogen) atoms. The van der Waals surface area contributed by atoms with Crippen molar-refractivity contribution >= 4 is 17.4 Å². The lowest BCUT2D eigenvalue weighted by Gasteiger charge is -2.27. The van der Waals surface area contributed by atoms with Crippen LogP contribution in [-0.4, -0.2) is 46.4 Å². The molecule has 9 heteroatoms. The van der Waals surface area contributed by atoms with Gasteiger partial charge in [0.1, 0.15) is 35.7 Å². The molecule has 2 atom stereocenters. The summed E-state index contributed by atoms with van der Waals surface area (Å²) in [4.78, 5) is 19.1. The predicted molar refractivity (Wildman–Crippen MR) is 102 cm³/mol. The molecular weight excluding hydrogens is 380 g/mol. The maximum Gasteiger partial charge on any atom is 0.257 e. The van der Waals surface area contributed by atoms with Gasteiger partial charge in [-0.05, 0) is 31.2 Å². The second kappa shape index (κ2) is 6.68. The molecule has 0 radical (unpaired) electrons. The SMILES string of the molecule is Cc1nn2ccc3nc2c1C(=O)NCCOc1ccc(F)cc1[C@H]1C[C@H](F)CN31. The van der Waals surface area contributed by atoms with Gasteiger partial charge in [0.2, 0.25) is 0 Å². The first-order valence-electron chi connectivity index (χ1n) is 9.48. The van der Waals surface area contributed by atoms with Crippen molar-refractivity contribution in [3.63, 3.8) is 0 Å². The number of anilines is 1. The van der Waals surface area contributed by atoms with Crippen LogP contribution in [0.5, 0.6) is 5.75 Å². The normalized spacial score (nSPS) is 21.6. The van der Waals surface area contributed by atoms with E-state index in [1.807, 2.05) is 0 Å². The molecule has 0 spiro atoms. The van der Waals surface area contributed by atoms with Gasteiger partial charge in [-0.1, -0.05) is 0 Å². The summed E-state index contributed by atoms with van der Waals surface area (Å²) in [6.45, 7) is 2.32. The highest BCUT2D eigenvalue weighted by Gasteiger charge is 2.36. The number of benzene rings is 1. The number of hydrogen-bond acceptors (Lipinski definition) is 5. The first-order chi connectivity index (χ1) is 14.0. The average Bonchev–Trinajstić information content (AvgIpc) is 3.23. The minimum absolute atomic E-state index is 0.123. The molecule has 2 bridgehead atoms. The Kier molecular flexibility index (Phi) is 4.11. The van der Waals surface area contributed by atoms with Gasteiger partial charge in [-0.25, -0.2) is 18.3 Å². The van der Waals surface area contributed by atoms with Crippen molar-refractivity contribution in [1.29, 1.82) is 0 Å². The van der Waals surface area contributed by atoms with Crippen LogP contribution in [0.1, 0.15) is 34.1 Å². The van der Waals surface area contributed by atoms with Crippen LogP contribution < -0.4 is 15.0 Å². The van der Waals surface area contributed by atoms with E-state index in [0.717, 1.165) is 0 Å². The van der Waals surface area contributed by atoms with Gasteiger partial charge in [-0.15, -0.1) is 0 Å². The number of carbonyl (C=O) groups excluding carboxylic acids is 1. The maximum absolute atomic E-state index is 14.5. The minimum Gasteiger partial charge on any atom is -0.491 e. The van der Waals surface area contributed by atoms with Gasteiger partial charge in [0, 0.05) is 18.2 Å². The molecule has 3 aromatic rings. The molecule has 7 nitrogen and oxygen atoms in total. The zero-order chi connectivity index (χ0) is 20.1. The number of ether oxygens (including phenoxy) is 1. The van der Waals surface area contributed by atoms with E-state index >= 15 is 0 Å². The summed E-state index contributed by atoms with van der Waals surface area (Å²) in [5, 5.41) is 7.16. The van der Waals surface area contributed by atoms with Gasteiger partial charge < -0.3 is 15.0 Å². The summed E-state index contributed by atoms with van der Waals surface area (Å²) in [7, 11) is 0. The Labute approximate surface area is 165 Å². The molecule has 1 aromatic carbocycles. The Hall–Kier alpha value is -3.23. The second-order valence-electron chi connectivity index (χ2n) is 7.30. The fourth-order valence-corrected chi connectivity index (χ4v) is 4.11. The molecule has 1 amide bonds. The van der Waals surface area contributed by atoms with E-state index in [0.29, 0.717) is 34.0 Å². The number of aryl methyl sites for hydroxylation is 1. The van der Waals surface area contributed by atoms with Crippen molar-refractivity contribution in [2.45, 2.75) is 25.6 Å². The summed E-state index contributed by atoms with van der Waals surface area (Å²) in [5.74, 6) is 0.269. The van der Waals surface area contributed by atoms with E-state index in [9.17, 15) is 13.6 Å². The first-order valence-corrected chi connectivity index (χ1v) is 9.48. The number of amides is 1. The molecular formula is C20H19F2N5O2. The third-order valence-corrected chi connectivity index (χ3v) is 5.39. The quantitative estimate of drug-likeness (QED) is 0.629. The minimum atomic E-state index is -1.09. The van der Waals surface area contributed by atoms with Crippen molar-refractivity contribution in [3.8, 4) is 5.75 Å². The molecule has 1 fully saturated rings. The van der Waals surface area contributed by atoms with Crippen LogP contribution in [0, 0.1) is 12.7 Å². The van der Waals surface area contributed by atoms with Crippen LogP contribution in [0.4, 0.5) is 14.6 Å². The van der Waals surface area contributed by atoms with Gasteiger partial charge in [0.05, 0.1) is 24.8 Å². The van der Waals surface area contributed by atoms with Crippen molar-refractivity contribution < 1.29 is 18.3 Å². The van der Waals surface area contributed by atoms with Gasteiger partial charge in [-0.3, -0.25) is 4.79 Å². The molecule has 2 aromatic heterocycles. The summed E-state index contributed by atoms with van der Waals surface area (Å²) in [6, 6.07) is 5.54. The summed E-state index contributed by atoms with van der Waals surface area (Å²) >= 11 is 0. The average molecular weight is 399 g/mol. The molecule has 0 saturated carbocycles. The number of halogens is 2. The number of nitrogens with zero attached hydrogens (tertiary/aromatic N) is 4. The number of hydrogen-bond donors (Lipinski definition) is 1. The standard InChI is InChI=1S/C20H19F2N5O2/c1-11-18-19-24-17(4-6-27(19)25-11)26-10-13(22)9-15(26)14-8-12(21)2-3-16(14)29-7-5-23-20(18)28/h2-4,6,8,13,15H,5,7,9-10H2,1H3,(H,23,28)/t13-,15+/m0/s1. The van der Waals surface area contributed by atoms with E-state index in [1.165, 1.54) is 16.6 Å². The summed E-state index contributed by atoms with van der Waals surface area (Å²) in [5.41, 5.74) is 1.90. The van der Waals surface area contributed by atoms with E-state index < -0.39 is 18.0 Å². The third kappa shape index (κ3) is 2.97. The zero-order valence-corrected chi connectivity index (χ0v) is 15.7. The molecule has 0 aliphatic carbocycles. The Morgan fingerprint density at radius 1 is 1.31 bits per heavy atom. The molecule has 1 N–H and O–H groups in total. The molecule has 5 rings (SSSR count). The molecule has 2 aliphatic rings. The fourth-order valence-electron chi connectivity index (χ4n) is 4.11.